The van der Waals surface area contributed by atoms with Crippen LogP contribution in [0.1, 0.15) is 42.3 Å². The van der Waals surface area contributed by atoms with Crippen LogP contribution in [0.5, 0.6) is 0 Å². The van der Waals surface area contributed by atoms with Gasteiger partial charge in [-0.2, -0.15) is 9.61 Å². The van der Waals surface area contributed by atoms with Crippen molar-refractivity contribution < 1.29 is 0 Å². The second kappa shape index (κ2) is 6.84. The van der Waals surface area contributed by atoms with E-state index in [1.807, 2.05) is 4.52 Å². The van der Waals surface area contributed by atoms with Crippen molar-refractivity contribution in [2.24, 2.45) is 0 Å². The van der Waals surface area contributed by atoms with E-state index >= 15 is 0 Å². The van der Waals surface area contributed by atoms with Crippen LogP contribution in [0.25, 0.3) is 5.65 Å². The molecule has 140 valence electrons. The third-order valence-electron chi connectivity index (χ3n) is 5.85. The standard InChI is InChI=1S/C19H23N7O/c27-18-13-20-6-9-25(18)11-10-24-7-4-14(5-8-24)19-22-21-17-12-15-2-1-3-16(15)23-26(17)19/h6,9,12-14H,1-5,7-8,10-11H2. The van der Waals surface area contributed by atoms with E-state index in [1.54, 1.807) is 17.0 Å². The lowest BCUT2D eigenvalue weighted by molar-refractivity contribution is 0.201. The van der Waals surface area contributed by atoms with Crippen LogP contribution < -0.4 is 5.56 Å². The number of nitrogens with zero attached hydrogens (tertiary/aromatic N) is 7. The zero-order chi connectivity index (χ0) is 18.2. The smallest absolute Gasteiger partial charge is 0.269 e. The highest BCUT2D eigenvalue weighted by Crippen LogP contribution is 2.28. The van der Waals surface area contributed by atoms with Gasteiger partial charge in [0.25, 0.3) is 5.56 Å². The van der Waals surface area contributed by atoms with Crippen molar-refractivity contribution in [2.75, 3.05) is 19.6 Å². The van der Waals surface area contributed by atoms with Crippen LogP contribution in [0.2, 0.25) is 0 Å². The number of piperidine rings is 1. The van der Waals surface area contributed by atoms with Crippen LogP contribution >= 0.6 is 0 Å². The van der Waals surface area contributed by atoms with Crippen LogP contribution in [-0.4, -0.2) is 53.9 Å². The Hall–Kier alpha value is -2.61. The zero-order valence-corrected chi connectivity index (χ0v) is 15.3. The van der Waals surface area contributed by atoms with Gasteiger partial charge in [-0.05, 0) is 56.8 Å². The van der Waals surface area contributed by atoms with E-state index in [-0.39, 0.29) is 5.56 Å². The topological polar surface area (TPSA) is 81.2 Å². The molecule has 1 fully saturated rings. The molecule has 0 atom stereocenters. The molecule has 5 rings (SSSR count). The fourth-order valence-electron chi connectivity index (χ4n) is 4.27. The lowest BCUT2D eigenvalue weighted by atomic mass is 9.96. The minimum absolute atomic E-state index is 0.0408. The highest BCUT2D eigenvalue weighted by Gasteiger charge is 2.26. The van der Waals surface area contributed by atoms with Gasteiger partial charge in [0.2, 0.25) is 0 Å². The molecule has 1 aliphatic heterocycles. The molecule has 0 saturated carbocycles. The molecule has 8 nitrogen and oxygen atoms in total. The first-order valence-corrected chi connectivity index (χ1v) is 9.75. The molecule has 8 heteroatoms. The van der Waals surface area contributed by atoms with E-state index in [0.29, 0.717) is 12.5 Å². The van der Waals surface area contributed by atoms with Gasteiger partial charge in [-0.25, -0.2) is 0 Å². The maximum absolute atomic E-state index is 11.8. The summed E-state index contributed by atoms with van der Waals surface area (Å²) in [4.78, 5) is 18.0. The van der Waals surface area contributed by atoms with Crippen molar-refractivity contribution in [3.63, 3.8) is 0 Å². The van der Waals surface area contributed by atoms with Crippen molar-refractivity contribution in [3.8, 4) is 0 Å². The maximum Gasteiger partial charge on any atom is 0.269 e. The fraction of sp³-hybridized carbons (Fsp3) is 0.526. The predicted molar refractivity (Wildman–Crippen MR) is 99.7 cm³/mol. The predicted octanol–water partition coefficient (Wildman–Crippen LogP) is 1.05. The molecule has 3 aromatic heterocycles. The highest BCUT2D eigenvalue weighted by atomic mass is 16.1. The summed E-state index contributed by atoms with van der Waals surface area (Å²) < 4.78 is 3.69. The summed E-state index contributed by atoms with van der Waals surface area (Å²) in [6.07, 6.45) is 10.2. The Labute approximate surface area is 156 Å². The minimum atomic E-state index is -0.0408. The van der Waals surface area contributed by atoms with Crippen LogP contribution in [0.4, 0.5) is 0 Å². The quantitative estimate of drug-likeness (QED) is 0.687. The summed E-state index contributed by atoms with van der Waals surface area (Å²) in [6.45, 7) is 3.59. The van der Waals surface area contributed by atoms with E-state index in [9.17, 15) is 4.79 Å². The molecule has 27 heavy (non-hydrogen) atoms. The first kappa shape index (κ1) is 16.6. The molecule has 3 aromatic rings. The summed E-state index contributed by atoms with van der Waals surface area (Å²) in [5, 5.41) is 13.7. The number of rotatable bonds is 4. The molecular weight excluding hydrogens is 342 g/mol. The molecule has 1 aliphatic carbocycles. The molecule has 0 radical (unpaired) electrons. The number of hydrogen-bond acceptors (Lipinski definition) is 6. The summed E-state index contributed by atoms with van der Waals surface area (Å²) in [6, 6.07) is 2.16. The van der Waals surface area contributed by atoms with Gasteiger partial charge in [-0.1, -0.05) is 0 Å². The van der Waals surface area contributed by atoms with Crippen molar-refractivity contribution in [3.05, 3.63) is 52.1 Å². The third-order valence-corrected chi connectivity index (χ3v) is 5.85. The average Bonchev–Trinajstić information content (AvgIpc) is 3.32. The molecule has 4 heterocycles. The SMILES string of the molecule is O=c1cnccn1CCN1CCC(c2nnc3cc4c(nn23)CCC4)CC1. The van der Waals surface area contributed by atoms with Gasteiger partial charge >= 0.3 is 0 Å². The van der Waals surface area contributed by atoms with E-state index in [2.05, 4.69) is 26.1 Å². The number of aryl methyl sites for hydroxylation is 2. The largest absolute Gasteiger partial charge is 0.311 e. The van der Waals surface area contributed by atoms with Crippen LogP contribution in [0.3, 0.4) is 0 Å². The molecule has 0 aromatic carbocycles. The Morgan fingerprint density at radius 2 is 2.00 bits per heavy atom. The van der Waals surface area contributed by atoms with Gasteiger partial charge in [-0.15, -0.1) is 10.2 Å². The number of likely N-dealkylation sites (tertiary alicyclic amines) is 1. The van der Waals surface area contributed by atoms with Gasteiger partial charge in [0.1, 0.15) is 0 Å². The van der Waals surface area contributed by atoms with Crippen molar-refractivity contribution in [1.82, 2.24) is 34.3 Å². The normalized spacial score (nSPS) is 18.2. The Morgan fingerprint density at radius 3 is 2.85 bits per heavy atom. The first-order valence-electron chi connectivity index (χ1n) is 9.75. The van der Waals surface area contributed by atoms with Crippen LogP contribution in [0, 0.1) is 0 Å². The minimum Gasteiger partial charge on any atom is -0.311 e. The van der Waals surface area contributed by atoms with Crippen LogP contribution in [-0.2, 0) is 19.4 Å². The Bertz CT molecular complexity index is 1020. The van der Waals surface area contributed by atoms with Gasteiger partial charge in [0, 0.05) is 31.4 Å². The molecule has 2 aliphatic rings. The molecular formula is C19H23N7O. The third kappa shape index (κ3) is 3.14. The molecule has 0 N–H and O–H groups in total. The second-order valence-corrected chi connectivity index (χ2v) is 7.52. The van der Waals surface area contributed by atoms with E-state index < -0.39 is 0 Å². The summed E-state index contributed by atoms with van der Waals surface area (Å²) in [7, 11) is 0. The van der Waals surface area contributed by atoms with Gasteiger partial charge in [-0.3, -0.25) is 9.78 Å². The number of aromatic nitrogens is 6. The molecule has 0 bridgehead atoms. The van der Waals surface area contributed by atoms with Crippen molar-refractivity contribution in [1.29, 1.82) is 0 Å². The van der Waals surface area contributed by atoms with Gasteiger partial charge < -0.3 is 9.47 Å². The highest BCUT2D eigenvalue weighted by molar-refractivity contribution is 5.43. The average molecular weight is 365 g/mol. The summed E-state index contributed by atoms with van der Waals surface area (Å²) in [5.41, 5.74) is 3.39. The van der Waals surface area contributed by atoms with Gasteiger partial charge in [0.05, 0.1) is 11.9 Å². The fourth-order valence-corrected chi connectivity index (χ4v) is 4.27. The van der Waals surface area contributed by atoms with E-state index in [0.717, 1.165) is 56.8 Å². The first-order chi connectivity index (χ1) is 13.3. The molecule has 1 saturated heterocycles. The van der Waals surface area contributed by atoms with Crippen LogP contribution in [0.15, 0.2) is 29.5 Å². The molecule has 0 spiro atoms. The lowest BCUT2D eigenvalue weighted by Crippen LogP contribution is -2.37. The summed E-state index contributed by atoms with van der Waals surface area (Å²) in [5.74, 6) is 1.40. The maximum atomic E-state index is 11.8. The van der Waals surface area contributed by atoms with Crippen molar-refractivity contribution >= 4 is 5.65 Å². The Kier molecular flexibility index (Phi) is 4.20. The number of fused-ring (bicyclic) bond motifs is 2. The number of hydrogen-bond donors (Lipinski definition) is 0. The molecule has 0 unspecified atom stereocenters. The lowest BCUT2D eigenvalue weighted by Gasteiger charge is -2.31. The second-order valence-electron chi connectivity index (χ2n) is 7.52. The molecule has 0 amide bonds. The van der Waals surface area contributed by atoms with E-state index in [1.165, 1.54) is 23.9 Å². The Morgan fingerprint density at radius 1 is 1.11 bits per heavy atom. The monoisotopic (exact) mass is 365 g/mol. The summed E-state index contributed by atoms with van der Waals surface area (Å²) >= 11 is 0. The van der Waals surface area contributed by atoms with Crippen molar-refractivity contribution in [2.45, 2.75) is 44.6 Å². The van der Waals surface area contributed by atoms with Gasteiger partial charge in [0.15, 0.2) is 11.5 Å². The zero-order valence-electron chi connectivity index (χ0n) is 15.3. The van der Waals surface area contributed by atoms with E-state index in [4.69, 9.17) is 5.10 Å². The Balaban J connectivity index is 1.25.